The summed E-state index contributed by atoms with van der Waals surface area (Å²) in [5.74, 6) is 0.676. The molecule has 2 saturated carbocycles. The molecule has 2 aliphatic carbocycles. The molecule has 156 valence electrons. The number of ether oxygens (including phenoxy) is 1. The third kappa shape index (κ3) is 3.30. The molecule has 5 unspecified atom stereocenters. The highest BCUT2D eigenvalue weighted by molar-refractivity contribution is 5.77. The van der Waals surface area contributed by atoms with Gasteiger partial charge in [-0.25, -0.2) is 4.79 Å². The Morgan fingerprint density at radius 2 is 1.93 bits per heavy atom. The number of aliphatic hydroxyl groups is 2. The zero-order valence-electron chi connectivity index (χ0n) is 17.4. The molecule has 5 nitrogen and oxygen atoms in total. The second-order valence-corrected chi connectivity index (χ2v) is 9.61. The van der Waals surface area contributed by atoms with Crippen molar-refractivity contribution >= 4 is 11.0 Å². The van der Waals surface area contributed by atoms with Gasteiger partial charge in [0.1, 0.15) is 11.3 Å². The number of rotatable bonds is 3. The molecule has 0 spiro atoms. The van der Waals surface area contributed by atoms with Crippen LogP contribution in [0.4, 0.5) is 0 Å². The zero-order chi connectivity index (χ0) is 21.0. The Labute approximate surface area is 171 Å². The third-order valence-electron chi connectivity index (χ3n) is 7.48. The van der Waals surface area contributed by atoms with Gasteiger partial charge in [0.05, 0.1) is 18.8 Å². The molecule has 0 radical (unpaired) electrons. The molecule has 1 heterocycles. The molecule has 0 amide bonds. The maximum atomic E-state index is 11.5. The minimum Gasteiger partial charge on any atom is -0.493 e. The van der Waals surface area contributed by atoms with Crippen LogP contribution < -0.4 is 10.4 Å². The number of fused-ring (bicyclic) bond motifs is 2. The van der Waals surface area contributed by atoms with Crippen LogP contribution in [-0.4, -0.2) is 29.0 Å². The van der Waals surface area contributed by atoms with E-state index in [2.05, 4.69) is 27.4 Å². The molecular formula is C24H30O5. The van der Waals surface area contributed by atoms with Gasteiger partial charge >= 0.3 is 5.63 Å². The molecule has 2 N–H and O–H groups in total. The van der Waals surface area contributed by atoms with E-state index in [1.165, 1.54) is 6.07 Å². The molecule has 1 aromatic heterocycles. The van der Waals surface area contributed by atoms with Crippen molar-refractivity contribution in [1.29, 1.82) is 0 Å². The Balaban J connectivity index is 1.60. The van der Waals surface area contributed by atoms with Crippen LogP contribution in [0, 0.1) is 22.7 Å². The van der Waals surface area contributed by atoms with Gasteiger partial charge in [-0.15, -0.1) is 0 Å². The normalized spacial score (nSPS) is 34.0. The number of benzene rings is 1. The summed E-state index contributed by atoms with van der Waals surface area (Å²) in [6.45, 7) is 11.0. The molecule has 0 saturated heterocycles. The van der Waals surface area contributed by atoms with Gasteiger partial charge in [-0.3, -0.25) is 0 Å². The van der Waals surface area contributed by atoms with Crippen molar-refractivity contribution in [3.8, 4) is 5.75 Å². The van der Waals surface area contributed by atoms with Crippen LogP contribution in [0.5, 0.6) is 5.75 Å². The first kappa shape index (κ1) is 20.2. The van der Waals surface area contributed by atoms with Crippen LogP contribution in [0.2, 0.25) is 0 Å². The summed E-state index contributed by atoms with van der Waals surface area (Å²) in [6, 6.07) is 8.62. The van der Waals surface area contributed by atoms with Gasteiger partial charge in [0, 0.05) is 23.4 Å². The largest absolute Gasteiger partial charge is 0.493 e. The Kier molecular flexibility index (Phi) is 4.87. The van der Waals surface area contributed by atoms with Crippen molar-refractivity contribution in [3.05, 3.63) is 52.9 Å². The zero-order valence-corrected chi connectivity index (χ0v) is 17.4. The lowest BCUT2D eigenvalue weighted by Gasteiger charge is -2.60. The van der Waals surface area contributed by atoms with E-state index in [1.54, 1.807) is 12.1 Å². The Morgan fingerprint density at radius 1 is 1.21 bits per heavy atom. The van der Waals surface area contributed by atoms with Gasteiger partial charge in [0.2, 0.25) is 0 Å². The topological polar surface area (TPSA) is 79.9 Å². The summed E-state index contributed by atoms with van der Waals surface area (Å²) in [5, 5.41) is 22.3. The van der Waals surface area contributed by atoms with E-state index in [1.807, 2.05) is 12.1 Å². The highest BCUT2D eigenvalue weighted by atomic mass is 16.5. The maximum absolute atomic E-state index is 11.5. The standard InChI is InChI=1S/C24H30O5/c1-14-11-18(25)22-23(2,3)20(26)9-10-24(22,4)17(14)13-28-16-7-5-15-6-8-21(27)29-19(15)12-16/h5-8,12,17-18,20,22,25-26H,1,9-11,13H2,2-4H3. The van der Waals surface area contributed by atoms with Crippen LogP contribution in [-0.2, 0) is 0 Å². The van der Waals surface area contributed by atoms with Crippen molar-refractivity contribution in [2.24, 2.45) is 22.7 Å². The summed E-state index contributed by atoms with van der Waals surface area (Å²) in [7, 11) is 0. The van der Waals surface area contributed by atoms with Crippen LogP contribution in [0.15, 0.2) is 51.7 Å². The van der Waals surface area contributed by atoms with E-state index in [9.17, 15) is 15.0 Å². The lowest BCUT2D eigenvalue weighted by Crippen LogP contribution is -2.60. The molecule has 1 aromatic carbocycles. The SMILES string of the molecule is C=C1CC(O)C2C(C)(C)C(O)CCC2(C)C1COc1ccc2ccc(=O)oc2c1. The smallest absolute Gasteiger partial charge is 0.336 e. The molecule has 29 heavy (non-hydrogen) atoms. The van der Waals surface area contributed by atoms with E-state index >= 15 is 0 Å². The summed E-state index contributed by atoms with van der Waals surface area (Å²) < 4.78 is 11.4. The van der Waals surface area contributed by atoms with Gasteiger partial charge < -0.3 is 19.4 Å². The van der Waals surface area contributed by atoms with Gasteiger partial charge in [-0.2, -0.15) is 0 Å². The molecule has 0 aliphatic heterocycles. The van der Waals surface area contributed by atoms with Crippen LogP contribution >= 0.6 is 0 Å². The predicted octanol–water partition coefficient (Wildman–Crippen LogP) is 3.91. The second-order valence-electron chi connectivity index (χ2n) is 9.61. The highest BCUT2D eigenvalue weighted by Crippen LogP contribution is 2.60. The summed E-state index contributed by atoms with van der Waals surface area (Å²) in [6.07, 6.45) is 1.11. The van der Waals surface area contributed by atoms with E-state index < -0.39 is 12.2 Å². The third-order valence-corrected chi connectivity index (χ3v) is 7.48. The highest BCUT2D eigenvalue weighted by Gasteiger charge is 2.59. The van der Waals surface area contributed by atoms with Gasteiger partial charge in [0.25, 0.3) is 0 Å². The molecular weight excluding hydrogens is 368 g/mol. The fourth-order valence-electron chi connectivity index (χ4n) is 5.97. The van der Waals surface area contributed by atoms with Crippen molar-refractivity contribution in [2.45, 2.75) is 52.2 Å². The van der Waals surface area contributed by atoms with E-state index in [0.29, 0.717) is 30.8 Å². The van der Waals surface area contributed by atoms with Crippen LogP contribution in [0.25, 0.3) is 11.0 Å². The molecule has 2 fully saturated rings. The first-order valence-electron chi connectivity index (χ1n) is 10.3. The minimum absolute atomic E-state index is 0.0347. The molecule has 5 atom stereocenters. The molecule has 4 rings (SSSR count). The molecule has 2 aromatic rings. The number of hydrogen-bond donors (Lipinski definition) is 2. The van der Waals surface area contributed by atoms with E-state index in [-0.39, 0.29) is 28.3 Å². The number of hydrogen-bond acceptors (Lipinski definition) is 5. The van der Waals surface area contributed by atoms with Crippen molar-refractivity contribution in [3.63, 3.8) is 0 Å². The summed E-state index contributed by atoms with van der Waals surface area (Å²) in [5.41, 5.74) is 0.524. The second kappa shape index (κ2) is 6.99. The van der Waals surface area contributed by atoms with Gasteiger partial charge in [-0.1, -0.05) is 32.9 Å². The summed E-state index contributed by atoms with van der Waals surface area (Å²) in [4.78, 5) is 11.5. The fraction of sp³-hybridized carbons (Fsp3) is 0.542. The molecule has 0 bridgehead atoms. The van der Waals surface area contributed by atoms with Crippen molar-refractivity contribution in [1.82, 2.24) is 0 Å². The monoisotopic (exact) mass is 398 g/mol. The Hall–Kier alpha value is -2.11. The first-order valence-corrected chi connectivity index (χ1v) is 10.3. The van der Waals surface area contributed by atoms with Gasteiger partial charge in [-0.05, 0) is 54.2 Å². The average molecular weight is 398 g/mol. The van der Waals surface area contributed by atoms with Crippen molar-refractivity contribution < 1.29 is 19.4 Å². The summed E-state index contributed by atoms with van der Waals surface area (Å²) >= 11 is 0. The lowest BCUT2D eigenvalue weighted by molar-refractivity contribution is -0.171. The van der Waals surface area contributed by atoms with Crippen LogP contribution in [0.3, 0.4) is 0 Å². The van der Waals surface area contributed by atoms with E-state index in [4.69, 9.17) is 9.15 Å². The average Bonchev–Trinajstić information content (AvgIpc) is 2.64. The lowest BCUT2D eigenvalue weighted by atomic mass is 9.46. The molecule has 2 aliphatic rings. The van der Waals surface area contributed by atoms with E-state index in [0.717, 1.165) is 17.4 Å². The minimum atomic E-state index is -0.511. The Bertz CT molecular complexity index is 990. The quantitative estimate of drug-likeness (QED) is 0.605. The predicted molar refractivity (Wildman–Crippen MR) is 112 cm³/mol. The van der Waals surface area contributed by atoms with Crippen LogP contribution in [0.1, 0.15) is 40.0 Å². The Morgan fingerprint density at radius 3 is 2.69 bits per heavy atom. The molecule has 5 heteroatoms. The number of aliphatic hydroxyl groups excluding tert-OH is 2. The first-order chi connectivity index (χ1) is 13.6. The van der Waals surface area contributed by atoms with Crippen molar-refractivity contribution in [2.75, 3.05) is 6.61 Å². The fourth-order valence-corrected chi connectivity index (χ4v) is 5.97. The maximum Gasteiger partial charge on any atom is 0.336 e. The van der Waals surface area contributed by atoms with Gasteiger partial charge in [0.15, 0.2) is 0 Å².